The Bertz CT molecular complexity index is 1090. The Morgan fingerprint density at radius 3 is 2.06 bits per heavy atom. The van der Waals surface area contributed by atoms with Crippen molar-refractivity contribution in [3.05, 3.63) is 32.2 Å². The summed E-state index contributed by atoms with van der Waals surface area (Å²) in [4.78, 5) is 32.6. The number of nitrogens with two attached hydrogens (primary N) is 1. The van der Waals surface area contributed by atoms with Gasteiger partial charge in [-0.25, -0.2) is 14.8 Å². The van der Waals surface area contributed by atoms with Crippen LogP contribution in [0.3, 0.4) is 0 Å². The summed E-state index contributed by atoms with van der Waals surface area (Å²) in [5.74, 6) is 12.5. The number of ether oxygens (including phenoxy) is 1. The maximum absolute atomic E-state index is 11.2. The van der Waals surface area contributed by atoms with E-state index in [2.05, 4.69) is 55.7 Å². The van der Waals surface area contributed by atoms with E-state index in [0.717, 1.165) is 51.9 Å². The van der Waals surface area contributed by atoms with Gasteiger partial charge in [-0.2, -0.15) is 0 Å². The molecule has 180 valence electrons. The van der Waals surface area contributed by atoms with Crippen LogP contribution in [0, 0.1) is 35.5 Å². The third-order valence-corrected chi connectivity index (χ3v) is 7.12. The molecule has 0 radical (unpaired) electrons. The molecule has 4 heterocycles. The van der Waals surface area contributed by atoms with Crippen LogP contribution in [0.1, 0.15) is 56.7 Å². The zero-order valence-electron chi connectivity index (χ0n) is 19.4. The molecule has 8 nitrogen and oxygen atoms in total. The van der Waals surface area contributed by atoms with Crippen LogP contribution in [0.15, 0.2) is 10.8 Å². The quantitative estimate of drug-likeness (QED) is 0.482. The molecule has 0 saturated carbocycles. The van der Waals surface area contributed by atoms with Crippen molar-refractivity contribution in [1.29, 1.82) is 0 Å². The van der Waals surface area contributed by atoms with Gasteiger partial charge in [0.1, 0.15) is 11.4 Å². The summed E-state index contributed by atoms with van der Waals surface area (Å²) in [6.07, 6.45) is 4.38. The molecule has 0 atom stereocenters. The van der Waals surface area contributed by atoms with Crippen LogP contribution in [-0.2, 0) is 4.74 Å². The van der Waals surface area contributed by atoms with Crippen molar-refractivity contribution in [2.75, 3.05) is 40.3 Å². The van der Waals surface area contributed by atoms with Crippen molar-refractivity contribution in [2.45, 2.75) is 25.7 Å². The molecular formula is C24H29N5O3S2. The van der Waals surface area contributed by atoms with Crippen LogP contribution in [0.2, 0.25) is 0 Å². The second kappa shape index (κ2) is 13.2. The summed E-state index contributed by atoms with van der Waals surface area (Å²) in [7, 11) is 3.48. The fourth-order valence-corrected chi connectivity index (χ4v) is 4.70. The summed E-state index contributed by atoms with van der Waals surface area (Å²) in [5.41, 5.74) is 6.45. The van der Waals surface area contributed by atoms with Gasteiger partial charge in [-0.15, -0.1) is 22.7 Å². The van der Waals surface area contributed by atoms with Crippen molar-refractivity contribution in [3.63, 3.8) is 0 Å². The summed E-state index contributed by atoms with van der Waals surface area (Å²) in [6, 6.07) is 0. The molecule has 2 aliphatic heterocycles. The molecule has 0 aromatic carbocycles. The maximum atomic E-state index is 11.2. The number of piperidine rings is 2. The predicted molar refractivity (Wildman–Crippen MR) is 134 cm³/mol. The molecule has 1 amide bonds. The van der Waals surface area contributed by atoms with Crippen molar-refractivity contribution < 1.29 is 14.3 Å². The third-order valence-electron chi connectivity index (χ3n) is 5.45. The van der Waals surface area contributed by atoms with Gasteiger partial charge in [-0.05, 0) is 70.8 Å². The van der Waals surface area contributed by atoms with E-state index in [1.165, 1.54) is 29.8 Å². The Labute approximate surface area is 208 Å². The standard InChI is InChI=1S/C12H15N3OS.C12H14N2O2S/c1-15-6-4-9(5-7-15)2-3-10-8-17-12(14-10)11(13)16;1-16-12(15)11-14-10(8-17-11)3-2-9-4-6-13-7-5-9/h8-9H,4-7H2,1H3,(H2,13,16);8-9,13H,4-7H2,1H3. The number of aromatic nitrogens is 2. The number of carbonyl (C=O) groups is 2. The second-order valence-corrected chi connectivity index (χ2v) is 9.79. The van der Waals surface area contributed by atoms with Crippen LogP contribution < -0.4 is 11.1 Å². The Balaban J connectivity index is 0.000000191. The first kappa shape index (κ1) is 25.9. The average Bonchev–Trinajstić information content (AvgIpc) is 3.53. The second-order valence-electron chi connectivity index (χ2n) is 8.07. The lowest BCUT2D eigenvalue weighted by molar-refractivity contribution is 0.0600. The Morgan fingerprint density at radius 2 is 1.53 bits per heavy atom. The number of esters is 1. The summed E-state index contributed by atoms with van der Waals surface area (Å²) in [5, 5.41) is 7.56. The average molecular weight is 500 g/mol. The zero-order chi connectivity index (χ0) is 24.3. The lowest BCUT2D eigenvalue weighted by Gasteiger charge is -2.25. The number of rotatable bonds is 2. The van der Waals surface area contributed by atoms with Crippen molar-refractivity contribution in [3.8, 4) is 23.7 Å². The summed E-state index contributed by atoms with van der Waals surface area (Å²) >= 11 is 2.52. The van der Waals surface area contributed by atoms with Gasteiger partial charge >= 0.3 is 5.97 Å². The normalized spacial score (nSPS) is 16.8. The third kappa shape index (κ3) is 8.23. The molecule has 2 aromatic heterocycles. The van der Waals surface area contributed by atoms with Crippen LogP contribution in [0.5, 0.6) is 0 Å². The Kier molecular flexibility index (Phi) is 10.0. The van der Waals surface area contributed by atoms with Gasteiger partial charge in [0.05, 0.1) is 7.11 Å². The number of amides is 1. The highest BCUT2D eigenvalue weighted by molar-refractivity contribution is 7.12. The SMILES string of the molecule is CN1CCC(C#Cc2csc(C(N)=O)n2)CC1.COC(=O)c1nc(C#CC2CCNCC2)cs1. The van der Waals surface area contributed by atoms with E-state index in [-0.39, 0.29) is 0 Å². The molecule has 3 N–H and O–H groups in total. The number of methoxy groups -OCH3 is 1. The highest BCUT2D eigenvalue weighted by Gasteiger charge is 2.14. The molecule has 2 fully saturated rings. The van der Waals surface area contributed by atoms with Crippen molar-refractivity contribution in [2.24, 2.45) is 17.6 Å². The van der Waals surface area contributed by atoms with Crippen LogP contribution in [0.25, 0.3) is 0 Å². The van der Waals surface area contributed by atoms with E-state index >= 15 is 0 Å². The monoisotopic (exact) mass is 499 g/mol. The molecule has 10 heteroatoms. The van der Waals surface area contributed by atoms with Gasteiger partial charge in [-0.1, -0.05) is 11.8 Å². The van der Waals surface area contributed by atoms with E-state index in [9.17, 15) is 9.59 Å². The molecule has 4 rings (SSSR count). The molecular weight excluding hydrogens is 470 g/mol. The number of nitrogens with one attached hydrogen (secondary N) is 1. The number of hydrogen-bond donors (Lipinski definition) is 2. The van der Waals surface area contributed by atoms with E-state index in [4.69, 9.17) is 5.73 Å². The van der Waals surface area contributed by atoms with Crippen molar-refractivity contribution in [1.82, 2.24) is 20.2 Å². The van der Waals surface area contributed by atoms with Crippen LogP contribution in [-0.4, -0.2) is 67.1 Å². The molecule has 0 bridgehead atoms. The number of carbonyl (C=O) groups excluding carboxylic acids is 2. The molecule has 2 aliphatic rings. The predicted octanol–water partition coefficient (Wildman–Crippen LogP) is 2.22. The van der Waals surface area contributed by atoms with E-state index < -0.39 is 11.9 Å². The first-order chi connectivity index (χ1) is 16.4. The topological polar surface area (TPSA) is 110 Å². The van der Waals surface area contributed by atoms with Gasteiger partial charge < -0.3 is 20.7 Å². The maximum Gasteiger partial charge on any atom is 0.367 e. The first-order valence-electron chi connectivity index (χ1n) is 11.2. The lowest BCUT2D eigenvalue weighted by atomic mass is 9.98. The number of likely N-dealkylation sites (tertiary alicyclic amines) is 1. The largest absolute Gasteiger partial charge is 0.464 e. The number of hydrogen-bond acceptors (Lipinski definition) is 9. The van der Waals surface area contributed by atoms with E-state index in [1.54, 1.807) is 10.8 Å². The first-order valence-corrected chi connectivity index (χ1v) is 12.9. The molecule has 0 spiro atoms. The molecule has 2 aromatic rings. The number of nitrogens with zero attached hydrogens (tertiary/aromatic N) is 3. The lowest BCUT2D eigenvalue weighted by Crippen LogP contribution is -2.29. The van der Waals surface area contributed by atoms with E-state index in [0.29, 0.717) is 33.2 Å². The van der Waals surface area contributed by atoms with Gasteiger partial charge in [0.15, 0.2) is 5.01 Å². The van der Waals surface area contributed by atoms with Crippen LogP contribution in [0.4, 0.5) is 0 Å². The van der Waals surface area contributed by atoms with Crippen LogP contribution >= 0.6 is 22.7 Å². The fourth-order valence-electron chi connectivity index (χ4n) is 3.43. The van der Waals surface area contributed by atoms with Gasteiger partial charge in [0, 0.05) is 22.6 Å². The minimum Gasteiger partial charge on any atom is -0.464 e. The van der Waals surface area contributed by atoms with Crippen molar-refractivity contribution >= 4 is 34.6 Å². The number of thiazole rings is 2. The molecule has 2 saturated heterocycles. The fraction of sp³-hybridized carbons (Fsp3) is 0.500. The number of primary amides is 1. The Hall–Kier alpha value is -2.76. The molecule has 0 aliphatic carbocycles. The summed E-state index contributed by atoms with van der Waals surface area (Å²) < 4.78 is 4.60. The van der Waals surface area contributed by atoms with Gasteiger partial charge in [0.25, 0.3) is 5.91 Å². The van der Waals surface area contributed by atoms with Gasteiger partial charge in [-0.3, -0.25) is 4.79 Å². The highest BCUT2D eigenvalue weighted by atomic mass is 32.1. The minimum atomic E-state index is -0.484. The highest BCUT2D eigenvalue weighted by Crippen LogP contribution is 2.15. The molecule has 0 unspecified atom stereocenters. The zero-order valence-corrected chi connectivity index (χ0v) is 21.1. The van der Waals surface area contributed by atoms with E-state index in [1.807, 2.05) is 0 Å². The summed E-state index contributed by atoms with van der Waals surface area (Å²) in [6.45, 7) is 4.26. The smallest absolute Gasteiger partial charge is 0.367 e. The Morgan fingerprint density at radius 1 is 1.00 bits per heavy atom. The molecule has 34 heavy (non-hydrogen) atoms. The van der Waals surface area contributed by atoms with Gasteiger partial charge in [0.2, 0.25) is 5.01 Å². The minimum absolute atomic E-state index is 0.331.